The molecule has 0 spiro atoms. The summed E-state index contributed by atoms with van der Waals surface area (Å²) in [6.07, 6.45) is 1.61. The van der Waals surface area contributed by atoms with E-state index < -0.39 is 0 Å². The van der Waals surface area contributed by atoms with Gasteiger partial charge in [-0.3, -0.25) is 4.79 Å². The van der Waals surface area contributed by atoms with Gasteiger partial charge in [-0.1, -0.05) is 41.4 Å². The Bertz CT molecular complexity index is 672. The first-order valence-electron chi connectivity index (χ1n) is 7.31. The first-order valence-corrected chi connectivity index (χ1v) is 7.69. The van der Waals surface area contributed by atoms with Crippen LogP contribution in [-0.4, -0.2) is 35.4 Å². The van der Waals surface area contributed by atoms with Crippen molar-refractivity contribution in [1.29, 1.82) is 0 Å². The summed E-state index contributed by atoms with van der Waals surface area (Å²) in [7, 11) is 0. The lowest BCUT2D eigenvalue weighted by Crippen LogP contribution is -2.50. The maximum absolute atomic E-state index is 12.4. The molecule has 1 aliphatic rings. The molecule has 4 nitrogen and oxygen atoms in total. The Hall–Kier alpha value is -2.07. The Morgan fingerprint density at radius 3 is 2.77 bits per heavy atom. The van der Waals surface area contributed by atoms with Crippen molar-refractivity contribution in [2.24, 2.45) is 0 Å². The number of aryl methyl sites for hydroxylation is 1. The van der Waals surface area contributed by atoms with E-state index in [1.54, 1.807) is 12.3 Å². The molecule has 5 heteroatoms. The molecule has 0 N–H and O–H groups in total. The average molecular weight is 316 g/mol. The Morgan fingerprint density at radius 2 is 2.09 bits per heavy atom. The lowest BCUT2D eigenvalue weighted by molar-refractivity contribution is -0.131. The van der Waals surface area contributed by atoms with Gasteiger partial charge in [-0.15, -0.1) is 0 Å². The number of hydrogen-bond acceptors (Lipinski definition) is 3. The monoisotopic (exact) mass is 315 g/mol. The minimum atomic E-state index is 0.129. The average Bonchev–Trinajstić information content (AvgIpc) is 2.50. The van der Waals surface area contributed by atoms with Crippen molar-refractivity contribution >= 4 is 23.3 Å². The number of amides is 1. The molecule has 0 unspecified atom stereocenters. The van der Waals surface area contributed by atoms with Crippen molar-refractivity contribution in [3.63, 3.8) is 0 Å². The molecule has 0 aliphatic carbocycles. The second-order valence-corrected chi connectivity index (χ2v) is 6.00. The van der Waals surface area contributed by atoms with Crippen LogP contribution in [0.5, 0.6) is 0 Å². The number of nitrogens with zero attached hydrogens (tertiary/aromatic N) is 3. The van der Waals surface area contributed by atoms with Crippen LogP contribution in [0.25, 0.3) is 0 Å². The highest BCUT2D eigenvalue weighted by Crippen LogP contribution is 2.18. The highest BCUT2D eigenvalue weighted by molar-refractivity contribution is 6.30. The minimum absolute atomic E-state index is 0.129. The molecular weight excluding hydrogens is 298 g/mol. The van der Waals surface area contributed by atoms with Crippen LogP contribution in [0.15, 0.2) is 42.6 Å². The third-order valence-corrected chi connectivity index (χ3v) is 4.03. The van der Waals surface area contributed by atoms with Gasteiger partial charge < -0.3 is 9.80 Å². The Labute approximate surface area is 135 Å². The summed E-state index contributed by atoms with van der Waals surface area (Å²) in [6, 6.07) is 11.9. The van der Waals surface area contributed by atoms with E-state index >= 15 is 0 Å². The number of halogens is 1. The molecule has 22 heavy (non-hydrogen) atoms. The first kappa shape index (κ1) is 14.9. The van der Waals surface area contributed by atoms with E-state index in [4.69, 9.17) is 11.6 Å². The molecule has 1 saturated heterocycles. The Morgan fingerprint density at radius 1 is 1.23 bits per heavy atom. The zero-order valence-corrected chi connectivity index (χ0v) is 13.3. The number of anilines is 1. The van der Waals surface area contributed by atoms with Crippen molar-refractivity contribution in [2.45, 2.75) is 13.5 Å². The molecule has 0 atom stereocenters. The molecule has 1 fully saturated rings. The third kappa shape index (κ3) is 3.39. The largest absolute Gasteiger partial charge is 0.346 e. The molecule has 0 radical (unpaired) electrons. The van der Waals surface area contributed by atoms with E-state index in [0.29, 0.717) is 24.7 Å². The number of pyridine rings is 1. The molecule has 114 valence electrons. The summed E-state index contributed by atoms with van der Waals surface area (Å²) in [5.74, 6) is 0.928. The second kappa shape index (κ2) is 6.36. The standard InChI is InChI=1S/C17H18ClN3O/c1-13-3-2-4-14(9-13)11-21-8-7-20(12-17(21)22)16-6-5-15(18)10-19-16/h2-6,9-10H,7-8,11-12H2,1H3. The van der Waals surface area contributed by atoms with Gasteiger partial charge in [-0.05, 0) is 24.6 Å². The van der Waals surface area contributed by atoms with Gasteiger partial charge in [0.2, 0.25) is 5.91 Å². The van der Waals surface area contributed by atoms with Gasteiger partial charge in [0, 0.05) is 25.8 Å². The van der Waals surface area contributed by atoms with Gasteiger partial charge in [0.25, 0.3) is 0 Å². The smallest absolute Gasteiger partial charge is 0.242 e. The van der Waals surface area contributed by atoms with Crippen LogP contribution in [0.1, 0.15) is 11.1 Å². The Kier molecular flexibility index (Phi) is 4.29. The topological polar surface area (TPSA) is 36.4 Å². The van der Waals surface area contributed by atoms with Crippen LogP contribution in [0.4, 0.5) is 5.82 Å². The van der Waals surface area contributed by atoms with Gasteiger partial charge in [0.1, 0.15) is 5.82 Å². The molecule has 1 aromatic carbocycles. The van der Waals surface area contributed by atoms with E-state index in [-0.39, 0.29) is 5.91 Å². The van der Waals surface area contributed by atoms with Crippen molar-refractivity contribution in [3.8, 4) is 0 Å². The lowest BCUT2D eigenvalue weighted by Gasteiger charge is -2.35. The fourth-order valence-electron chi connectivity index (χ4n) is 2.66. The number of carbonyl (C=O) groups is 1. The third-order valence-electron chi connectivity index (χ3n) is 3.81. The van der Waals surface area contributed by atoms with Gasteiger partial charge >= 0.3 is 0 Å². The molecule has 1 amide bonds. The zero-order chi connectivity index (χ0) is 15.5. The number of rotatable bonds is 3. The van der Waals surface area contributed by atoms with Crippen LogP contribution in [0.3, 0.4) is 0 Å². The SMILES string of the molecule is Cc1cccc(CN2CCN(c3ccc(Cl)cn3)CC2=O)c1. The zero-order valence-electron chi connectivity index (χ0n) is 12.5. The Balaban J connectivity index is 1.65. The maximum Gasteiger partial charge on any atom is 0.242 e. The van der Waals surface area contributed by atoms with Crippen LogP contribution in [-0.2, 0) is 11.3 Å². The lowest BCUT2D eigenvalue weighted by atomic mass is 10.1. The molecule has 0 saturated carbocycles. The van der Waals surface area contributed by atoms with Gasteiger partial charge in [0.15, 0.2) is 0 Å². The molecule has 1 aliphatic heterocycles. The molecule has 2 aromatic rings. The van der Waals surface area contributed by atoms with Gasteiger partial charge in [-0.25, -0.2) is 4.98 Å². The van der Waals surface area contributed by atoms with Gasteiger partial charge in [-0.2, -0.15) is 0 Å². The van der Waals surface area contributed by atoms with Crippen LogP contribution in [0, 0.1) is 6.92 Å². The van der Waals surface area contributed by atoms with Crippen molar-refractivity contribution in [2.75, 3.05) is 24.5 Å². The minimum Gasteiger partial charge on any atom is -0.346 e. The summed E-state index contributed by atoms with van der Waals surface area (Å²) < 4.78 is 0. The van der Waals surface area contributed by atoms with Crippen molar-refractivity contribution in [1.82, 2.24) is 9.88 Å². The number of aromatic nitrogens is 1. The number of piperazine rings is 1. The highest BCUT2D eigenvalue weighted by Gasteiger charge is 2.24. The van der Waals surface area contributed by atoms with E-state index in [1.165, 1.54) is 11.1 Å². The number of carbonyl (C=O) groups excluding carboxylic acids is 1. The van der Waals surface area contributed by atoms with Crippen molar-refractivity contribution < 1.29 is 4.79 Å². The van der Waals surface area contributed by atoms with E-state index in [9.17, 15) is 4.79 Å². The number of hydrogen-bond donors (Lipinski definition) is 0. The molecule has 0 bridgehead atoms. The first-order chi connectivity index (χ1) is 10.6. The summed E-state index contributed by atoms with van der Waals surface area (Å²) in [6.45, 7) is 4.58. The molecule has 2 heterocycles. The quantitative estimate of drug-likeness (QED) is 0.874. The molecule has 1 aromatic heterocycles. The normalized spacial score (nSPS) is 15.3. The fraction of sp³-hybridized carbons (Fsp3) is 0.294. The molecule has 3 rings (SSSR count). The van der Waals surface area contributed by atoms with Crippen molar-refractivity contribution in [3.05, 3.63) is 58.7 Å². The summed E-state index contributed by atoms with van der Waals surface area (Å²) in [5.41, 5.74) is 2.39. The second-order valence-electron chi connectivity index (χ2n) is 5.56. The van der Waals surface area contributed by atoms with Gasteiger partial charge in [0.05, 0.1) is 11.6 Å². The van der Waals surface area contributed by atoms with E-state index in [1.807, 2.05) is 21.9 Å². The summed E-state index contributed by atoms with van der Waals surface area (Å²) in [4.78, 5) is 20.5. The van der Waals surface area contributed by atoms with Crippen LogP contribution in [0.2, 0.25) is 5.02 Å². The molecular formula is C17H18ClN3O. The predicted molar refractivity (Wildman–Crippen MR) is 88.1 cm³/mol. The summed E-state index contributed by atoms with van der Waals surface area (Å²) >= 11 is 5.85. The van der Waals surface area contributed by atoms with E-state index in [0.717, 1.165) is 12.4 Å². The number of benzene rings is 1. The highest BCUT2D eigenvalue weighted by atomic mass is 35.5. The predicted octanol–water partition coefficient (Wildman–Crippen LogP) is 2.89. The summed E-state index contributed by atoms with van der Waals surface area (Å²) in [5, 5.41) is 0.605. The van der Waals surface area contributed by atoms with Crippen LogP contribution >= 0.6 is 11.6 Å². The van der Waals surface area contributed by atoms with E-state index in [2.05, 4.69) is 30.1 Å². The van der Waals surface area contributed by atoms with Crippen LogP contribution < -0.4 is 4.90 Å². The maximum atomic E-state index is 12.4. The fourth-order valence-corrected chi connectivity index (χ4v) is 2.77.